The van der Waals surface area contributed by atoms with Crippen LogP contribution in [-0.2, 0) is 11.0 Å². The van der Waals surface area contributed by atoms with Gasteiger partial charge in [-0.1, -0.05) is 66.7 Å². The molecule has 1 atom stereocenters. The van der Waals surface area contributed by atoms with Crippen molar-refractivity contribution in [3.8, 4) is 28.7 Å². The second kappa shape index (κ2) is 15.7. The van der Waals surface area contributed by atoms with Crippen LogP contribution in [0, 0.1) is 5.92 Å². The zero-order chi connectivity index (χ0) is 36.0. The first-order chi connectivity index (χ1) is 24.8. The summed E-state index contributed by atoms with van der Waals surface area (Å²) >= 11 is 0. The Labute approximate surface area is 301 Å². The number of benzene rings is 4. The molecule has 2 heterocycles. The van der Waals surface area contributed by atoms with Gasteiger partial charge in [-0.3, -0.25) is 4.79 Å². The van der Waals surface area contributed by atoms with Crippen molar-refractivity contribution in [1.29, 1.82) is 0 Å². The molecule has 6 rings (SSSR count). The number of carbonyl (C=O) groups excluding carboxylic acids is 1. The molecule has 2 aliphatic heterocycles. The fourth-order valence-electron chi connectivity index (χ4n) is 8.15. The Morgan fingerprint density at radius 3 is 1.82 bits per heavy atom. The molecule has 0 spiro atoms. The minimum atomic E-state index is -1.06. The van der Waals surface area contributed by atoms with Gasteiger partial charge in [-0.2, -0.15) is 0 Å². The lowest BCUT2D eigenvalue weighted by Crippen LogP contribution is -2.45. The van der Waals surface area contributed by atoms with E-state index in [1.807, 2.05) is 71.6 Å². The fraction of sp³-hybridized carbons (Fsp3) is 0.405. The van der Waals surface area contributed by atoms with Gasteiger partial charge < -0.3 is 38.6 Å². The van der Waals surface area contributed by atoms with Crippen LogP contribution in [0.4, 0.5) is 0 Å². The molecular weight excluding hydrogens is 644 g/mol. The van der Waals surface area contributed by atoms with Crippen LogP contribution in [0.25, 0.3) is 0 Å². The molecule has 9 heteroatoms. The van der Waals surface area contributed by atoms with Gasteiger partial charge in [-0.15, -0.1) is 0 Å². The van der Waals surface area contributed by atoms with E-state index in [0.29, 0.717) is 47.4 Å². The van der Waals surface area contributed by atoms with E-state index >= 15 is 0 Å². The van der Waals surface area contributed by atoms with Crippen LogP contribution in [-0.4, -0.2) is 89.1 Å². The molecule has 0 radical (unpaired) electrons. The maximum atomic E-state index is 14.1. The van der Waals surface area contributed by atoms with Gasteiger partial charge in [0.15, 0.2) is 23.0 Å². The highest BCUT2D eigenvalue weighted by Crippen LogP contribution is 2.45. The van der Waals surface area contributed by atoms with Gasteiger partial charge in [0.25, 0.3) is 5.91 Å². The minimum Gasteiger partial charge on any atom is -0.493 e. The normalized spacial score (nSPS) is 18.4. The zero-order valence-electron chi connectivity index (χ0n) is 30.4. The van der Waals surface area contributed by atoms with Gasteiger partial charge in [0.2, 0.25) is 5.75 Å². The first kappa shape index (κ1) is 36.1. The topological polar surface area (TPSA) is 89.9 Å². The highest BCUT2D eigenvalue weighted by atomic mass is 16.5. The number of nitrogens with zero attached hydrogens (tertiary/aromatic N) is 2. The SMILES string of the molecule is COc1ccc(C2(CCN3CCC(C(O)(c4ccccc4)c4ccccc4)CC3)CCN(C(=O)c3cc(OC)c(OC)c(OC)c3)C2)cc1OC. The molecule has 0 aromatic heterocycles. The number of aliphatic hydroxyl groups is 1. The standard InChI is InChI=1S/C42H50N2O7/c1-47-35-17-16-34(28-36(35)48-2)41(21-25-44(29-41)40(45)30-26-37(49-3)39(51-5)38(27-30)50-4)20-24-43-22-18-33(19-23-43)42(46,31-12-8-6-9-13-31)32-14-10-7-11-15-32/h6-17,26-28,33,46H,18-25,29H2,1-5H3. The molecule has 4 aromatic carbocycles. The van der Waals surface area contributed by atoms with Crippen molar-refractivity contribution in [3.63, 3.8) is 0 Å². The summed E-state index contributed by atoms with van der Waals surface area (Å²) in [6.45, 7) is 3.77. The lowest BCUT2D eigenvalue weighted by molar-refractivity contribution is -0.0149. The molecule has 0 aliphatic carbocycles. The largest absolute Gasteiger partial charge is 0.493 e. The number of ether oxygens (including phenoxy) is 5. The second-order valence-electron chi connectivity index (χ2n) is 13.6. The number of likely N-dealkylation sites (tertiary alicyclic amines) is 2. The van der Waals surface area contributed by atoms with Crippen molar-refractivity contribution >= 4 is 5.91 Å². The molecule has 0 bridgehead atoms. The fourth-order valence-corrected chi connectivity index (χ4v) is 8.15. The molecule has 2 aliphatic rings. The Kier molecular flexibility index (Phi) is 11.1. The molecule has 4 aromatic rings. The van der Waals surface area contributed by atoms with Crippen molar-refractivity contribution in [3.05, 3.63) is 113 Å². The molecular formula is C42H50N2O7. The van der Waals surface area contributed by atoms with Gasteiger partial charge in [0.05, 0.1) is 35.5 Å². The maximum Gasteiger partial charge on any atom is 0.254 e. The molecule has 1 N–H and O–H groups in total. The Morgan fingerprint density at radius 1 is 0.725 bits per heavy atom. The van der Waals surface area contributed by atoms with Crippen molar-refractivity contribution in [2.24, 2.45) is 5.92 Å². The summed E-state index contributed by atoms with van der Waals surface area (Å²) in [5, 5.41) is 12.4. The number of amides is 1. The average Bonchev–Trinajstić information content (AvgIpc) is 3.65. The van der Waals surface area contributed by atoms with Gasteiger partial charge in [0.1, 0.15) is 5.60 Å². The molecule has 270 valence electrons. The molecule has 1 unspecified atom stereocenters. The quantitative estimate of drug-likeness (QED) is 0.169. The van der Waals surface area contributed by atoms with E-state index in [4.69, 9.17) is 23.7 Å². The number of methoxy groups -OCH3 is 5. The second-order valence-corrected chi connectivity index (χ2v) is 13.6. The Balaban J connectivity index is 1.23. The number of hydrogen-bond donors (Lipinski definition) is 1. The predicted molar refractivity (Wildman–Crippen MR) is 198 cm³/mol. The van der Waals surface area contributed by atoms with E-state index in [2.05, 4.69) is 17.0 Å². The molecule has 0 saturated carbocycles. The van der Waals surface area contributed by atoms with Crippen molar-refractivity contribution in [2.75, 3.05) is 68.3 Å². The van der Waals surface area contributed by atoms with Gasteiger partial charge in [0, 0.05) is 24.1 Å². The third-order valence-electron chi connectivity index (χ3n) is 11.1. The zero-order valence-corrected chi connectivity index (χ0v) is 30.4. The summed E-state index contributed by atoms with van der Waals surface area (Å²) in [4.78, 5) is 18.5. The summed E-state index contributed by atoms with van der Waals surface area (Å²) in [7, 11) is 7.95. The molecule has 9 nitrogen and oxygen atoms in total. The van der Waals surface area contributed by atoms with Gasteiger partial charge >= 0.3 is 0 Å². The number of rotatable bonds is 13. The molecule has 1 amide bonds. The van der Waals surface area contributed by atoms with Crippen LogP contribution in [0.3, 0.4) is 0 Å². The van der Waals surface area contributed by atoms with Crippen molar-refractivity contribution in [1.82, 2.24) is 9.80 Å². The monoisotopic (exact) mass is 694 g/mol. The van der Waals surface area contributed by atoms with Crippen LogP contribution in [0.2, 0.25) is 0 Å². The van der Waals surface area contributed by atoms with E-state index in [0.717, 1.165) is 62.0 Å². The van der Waals surface area contributed by atoms with Crippen LogP contribution in [0.1, 0.15) is 52.7 Å². The maximum absolute atomic E-state index is 14.1. The third-order valence-corrected chi connectivity index (χ3v) is 11.1. The smallest absolute Gasteiger partial charge is 0.254 e. The first-order valence-corrected chi connectivity index (χ1v) is 17.7. The summed E-state index contributed by atoms with van der Waals surface area (Å²) in [5.74, 6) is 2.68. The Hall–Kier alpha value is -4.73. The van der Waals surface area contributed by atoms with E-state index in [-0.39, 0.29) is 17.2 Å². The number of carbonyl (C=O) groups is 1. The van der Waals surface area contributed by atoms with Crippen LogP contribution < -0.4 is 23.7 Å². The van der Waals surface area contributed by atoms with E-state index in [1.165, 1.54) is 0 Å². The lowest BCUT2D eigenvalue weighted by Gasteiger charge is -2.43. The van der Waals surface area contributed by atoms with Gasteiger partial charge in [-0.05, 0) is 92.2 Å². The van der Waals surface area contributed by atoms with Gasteiger partial charge in [-0.25, -0.2) is 0 Å². The summed E-state index contributed by atoms with van der Waals surface area (Å²) in [6.07, 6.45) is 3.40. The van der Waals surface area contributed by atoms with E-state index < -0.39 is 5.60 Å². The Morgan fingerprint density at radius 2 is 1.29 bits per heavy atom. The average molecular weight is 695 g/mol. The molecule has 51 heavy (non-hydrogen) atoms. The number of hydrogen-bond acceptors (Lipinski definition) is 8. The third kappa shape index (κ3) is 7.10. The Bertz CT molecular complexity index is 1710. The van der Waals surface area contributed by atoms with Crippen LogP contribution in [0.5, 0.6) is 28.7 Å². The molecule has 2 fully saturated rings. The summed E-state index contributed by atoms with van der Waals surface area (Å²) < 4.78 is 27.9. The minimum absolute atomic E-state index is 0.0800. The van der Waals surface area contributed by atoms with E-state index in [1.54, 1.807) is 47.7 Å². The summed E-state index contributed by atoms with van der Waals surface area (Å²) in [6, 6.07) is 29.7. The first-order valence-electron chi connectivity index (χ1n) is 17.7. The number of piperidine rings is 1. The van der Waals surface area contributed by atoms with Crippen molar-refractivity contribution < 1.29 is 33.6 Å². The van der Waals surface area contributed by atoms with Crippen molar-refractivity contribution in [2.45, 2.75) is 36.7 Å². The van der Waals surface area contributed by atoms with Crippen LogP contribution in [0.15, 0.2) is 91.0 Å². The molecule has 2 saturated heterocycles. The highest BCUT2D eigenvalue weighted by Gasteiger charge is 2.44. The predicted octanol–water partition coefficient (Wildman–Crippen LogP) is 6.55. The highest BCUT2D eigenvalue weighted by molar-refractivity contribution is 5.96. The van der Waals surface area contributed by atoms with E-state index in [9.17, 15) is 9.90 Å². The van der Waals surface area contributed by atoms with Crippen LogP contribution >= 0.6 is 0 Å². The lowest BCUT2D eigenvalue weighted by atomic mass is 9.72. The summed E-state index contributed by atoms with van der Waals surface area (Å²) in [5.41, 5.74) is 2.11.